The Morgan fingerprint density at radius 3 is 1.86 bits per heavy atom. The first-order valence-corrected chi connectivity index (χ1v) is 8.64. The maximum atomic E-state index is 12.5. The van der Waals surface area contributed by atoms with E-state index in [0.29, 0.717) is 19.8 Å². The average molecular weight is 316 g/mol. The molecule has 1 rings (SSSR count). The van der Waals surface area contributed by atoms with Crippen LogP contribution in [-0.4, -0.2) is 50.7 Å². The Kier molecular flexibility index (Phi) is 9.17. The van der Waals surface area contributed by atoms with Crippen molar-refractivity contribution >= 4 is 5.78 Å². The number of carbonyl (C=O) groups excluding carboxylic acids is 1. The number of ketones is 1. The van der Waals surface area contributed by atoms with E-state index in [-0.39, 0.29) is 5.78 Å². The van der Waals surface area contributed by atoms with Gasteiger partial charge >= 0.3 is 0 Å². The zero-order valence-electron chi connectivity index (χ0n) is 14.6. The number of unbranched alkanes of at least 4 members (excludes halogenated alkanes) is 3. The zero-order chi connectivity index (χ0) is 16.4. The molecule has 1 fully saturated rings. The Morgan fingerprint density at radius 1 is 0.909 bits per heavy atom. The van der Waals surface area contributed by atoms with E-state index < -0.39 is 18.0 Å². The third-order valence-corrected chi connectivity index (χ3v) is 3.93. The summed E-state index contributed by atoms with van der Waals surface area (Å²) in [5, 5.41) is 0. The molecule has 0 aliphatic heterocycles. The lowest BCUT2D eigenvalue weighted by Crippen LogP contribution is -2.74. The number of hydrogen-bond donors (Lipinski definition) is 0. The van der Waals surface area contributed by atoms with E-state index in [4.69, 9.17) is 18.9 Å². The predicted octanol–water partition coefficient (Wildman–Crippen LogP) is 3.10. The number of rotatable bonds is 13. The smallest absolute Gasteiger partial charge is 0.262 e. The minimum absolute atomic E-state index is 0.149. The van der Waals surface area contributed by atoms with Gasteiger partial charge in [0.15, 0.2) is 12.2 Å². The average Bonchev–Trinajstić information content (AvgIpc) is 2.53. The molecule has 1 saturated carbocycles. The topological polar surface area (TPSA) is 54.0 Å². The van der Waals surface area contributed by atoms with Gasteiger partial charge < -0.3 is 18.9 Å². The Morgan fingerprint density at radius 2 is 1.41 bits per heavy atom. The lowest BCUT2D eigenvalue weighted by Gasteiger charge is -2.50. The summed E-state index contributed by atoms with van der Waals surface area (Å²) in [6.45, 7) is 7.86. The van der Waals surface area contributed by atoms with Crippen LogP contribution in [0.15, 0.2) is 0 Å². The van der Waals surface area contributed by atoms with Crippen LogP contribution < -0.4 is 0 Å². The molecular weight excluding hydrogens is 284 g/mol. The molecule has 0 radical (unpaired) electrons. The van der Waals surface area contributed by atoms with Crippen LogP contribution in [-0.2, 0) is 23.7 Å². The molecule has 0 aromatic carbocycles. The fourth-order valence-corrected chi connectivity index (χ4v) is 2.45. The monoisotopic (exact) mass is 316 g/mol. The third kappa shape index (κ3) is 4.51. The van der Waals surface area contributed by atoms with Crippen molar-refractivity contribution in [2.24, 2.45) is 0 Å². The van der Waals surface area contributed by atoms with Crippen LogP contribution in [0.2, 0.25) is 0 Å². The zero-order valence-corrected chi connectivity index (χ0v) is 14.6. The summed E-state index contributed by atoms with van der Waals surface area (Å²) in [5.74, 6) is -1.41. The third-order valence-electron chi connectivity index (χ3n) is 3.93. The Labute approximate surface area is 134 Å². The first-order chi connectivity index (χ1) is 10.7. The SMILES string of the molecule is CCCCOC1C(OC)C(=O)C1(OCCCC)OCCCC. The Hall–Kier alpha value is -0.490. The summed E-state index contributed by atoms with van der Waals surface area (Å²) >= 11 is 0. The fraction of sp³-hybridized carbons (Fsp3) is 0.941. The van der Waals surface area contributed by atoms with Crippen molar-refractivity contribution in [2.45, 2.75) is 77.3 Å². The molecule has 0 heterocycles. The van der Waals surface area contributed by atoms with Gasteiger partial charge in [-0.2, -0.15) is 0 Å². The van der Waals surface area contributed by atoms with Gasteiger partial charge in [-0.3, -0.25) is 4.79 Å². The molecule has 0 aromatic rings. The highest BCUT2D eigenvalue weighted by atomic mass is 16.7. The minimum atomic E-state index is -1.27. The van der Waals surface area contributed by atoms with E-state index in [9.17, 15) is 4.79 Å². The summed E-state index contributed by atoms with van der Waals surface area (Å²) < 4.78 is 22.9. The summed E-state index contributed by atoms with van der Waals surface area (Å²) in [6.07, 6.45) is 4.74. The van der Waals surface area contributed by atoms with Gasteiger partial charge in [0.25, 0.3) is 5.79 Å². The van der Waals surface area contributed by atoms with Crippen molar-refractivity contribution in [2.75, 3.05) is 26.9 Å². The van der Waals surface area contributed by atoms with Crippen LogP contribution in [0.4, 0.5) is 0 Å². The molecule has 0 bridgehead atoms. The van der Waals surface area contributed by atoms with Crippen LogP contribution in [0, 0.1) is 0 Å². The summed E-state index contributed by atoms with van der Waals surface area (Å²) in [5.41, 5.74) is 0. The molecule has 0 spiro atoms. The summed E-state index contributed by atoms with van der Waals surface area (Å²) in [4.78, 5) is 12.5. The maximum absolute atomic E-state index is 12.5. The van der Waals surface area contributed by atoms with Gasteiger partial charge in [0.1, 0.15) is 0 Å². The van der Waals surface area contributed by atoms with Crippen molar-refractivity contribution in [3.63, 3.8) is 0 Å². The normalized spacial score (nSPS) is 23.5. The van der Waals surface area contributed by atoms with Crippen LogP contribution >= 0.6 is 0 Å². The largest absolute Gasteiger partial charge is 0.370 e. The highest BCUT2D eigenvalue weighted by Crippen LogP contribution is 2.39. The van der Waals surface area contributed by atoms with E-state index in [1.807, 2.05) is 0 Å². The van der Waals surface area contributed by atoms with E-state index >= 15 is 0 Å². The van der Waals surface area contributed by atoms with Crippen LogP contribution in [0.5, 0.6) is 0 Å². The molecule has 0 amide bonds. The first kappa shape index (κ1) is 19.6. The quantitative estimate of drug-likeness (QED) is 0.386. The molecule has 5 nitrogen and oxygen atoms in total. The molecule has 0 N–H and O–H groups in total. The molecule has 22 heavy (non-hydrogen) atoms. The molecule has 0 saturated heterocycles. The second kappa shape index (κ2) is 10.3. The second-order valence-corrected chi connectivity index (χ2v) is 5.74. The van der Waals surface area contributed by atoms with Gasteiger partial charge in [0.05, 0.1) is 13.2 Å². The molecule has 2 unspecified atom stereocenters. The highest BCUT2D eigenvalue weighted by Gasteiger charge is 2.66. The molecule has 1 aliphatic rings. The second-order valence-electron chi connectivity index (χ2n) is 5.74. The van der Waals surface area contributed by atoms with E-state index in [0.717, 1.165) is 38.5 Å². The van der Waals surface area contributed by atoms with Crippen molar-refractivity contribution in [1.82, 2.24) is 0 Å². The minimum Gasteiger partial charge on any atom is -0.370 e. The van der Waals surface area contributed by atoms with Crippen molar-refractivity contribution in [1.29, 1.82) is 0 Å². The molecule has 2 atom stereocenters. The number of Topliss-reactive ketones (excluding diaryl/α,β-unsaturated/α-hetero) is 1. The standard InChI is InChI=1S/C17H32O5/c1-5-8-11-20-16-14(19-4)15(18)17(16,21-12-9-6-2)22-13-10-7-3/h14,16H,5-13H2,1-4H3. The molecule has 0 aromatic heterocycles. The lowest BCUT2D eigenvalue weighted by atomic mass is 9.81. The lowest BCUT2D eigenvalue weighted by molar-refractivity contribution is -0.326. The molecular formula is C17H32O5. The Balaban J connectivity index is 2.75. The predicted molar refractivity (Wildman–Crippen MR) is 84.9 cm³/mol. The van der Waals surface area contributed by atoms with Crippen molar-refractivity contribution < 1.29 is 23.7 Å². The fourth-order valence-electron chi connectivity index (χ4n) is 2.45. The number of hydrogen-bond acceptors (Lipinski definition) is 5. The van der Waals surface area contributed by atoms with Crippen LogP contribution in [0.1, 0.15) is 59.3 Å². The molecule has 1 aliphatic carbocycles. The summed E-state index contributed by atoms with van der Waals surface area (Å²) in [7, 11) is 1.53. The van der Waals surface area contributed by atoms with E-state index in [1.54, 1.807) is 0 Å². The van der Waals surface area contributed by atoms with Crippen LogP contribution in [0.25, 0.3) is 0 Å². The van der Waals surface area contributed by atoms with Gasteiger partial charge in [-0.15, -0.1) is 0 Å². The van der Waals surface area contributed by atoms with Gasteiger partial charge in [0.2, 0.25) is 5.78 Å². The molecule has 5 heteroatoms. The number of carbonyl (C=O) groups is 1. The van der Waals surface area contributed by atoms with Crippen molar-refractivity contribution in [3.8, 4) is 0 Å². The summed E-state index contributed by atoms with van der Waals surface area (Å²) in [6, 6.07) is 0. The number of ether oxygens (including phenoxy) is 4. The van der Waals surface area contributed by atoms with E-state index in [2.05, 4.69) is 20.8 Å². The first-order valence-electron chi connectivity index (χ1n) is 8.64. The number of methoxy groups -OCH3 is 1. The van der Waals surface area contributed by atoms with Crippen LogP contribution in [0.3, 0.4) is 0 Å². The van der Waals surface area contributed by atoms with Crippen molar-refractivity contribution in [3.05, 3.63) is 0 Å². The van der Waals surface area contributed by atoms with Gasteiger partial charge in [-0.05, 0) is 19.3 Å². The Bertz CT molecular complexity index is 308. The van der Waals surface area contributed by atoms with Gasteiger partial charge in [-0.25, -0.2) is 0 Å². The van der Waals surface area contributed by atoms with Gasteiger partial charge in [-0.1, -0.05) is 40.0 Å². The van der Waals surface area contributed by atoms with Gasteiger partial charge in [0, 0.05) is 13.7 Å². The highest BCUT2D eigenvalue weighted by molar-refractivity contribution is 5.98. The maximum Gasteiger partial charge on any atom is 0.262 e. The van der Waals surface area contributed by atoms with E-state index in [1.165, 1.54) is 7.11 Å². The molecule has 130 valence electrons.